The van der Waals surface area contributed by atoms with Crippen LogP contribution in [-0.2, 0) is 6.54 Å². The molecule has 0 saturated carbocycles. The van der Waals surface area contributed by atoms with Crippen LogP contribution in [-0.4, -0.2) is 14.8 Å². The molecule has 0 amide bonds. The average Bonchev–Trinajstić information content (AvgIpc) is 2.58. The van der Waals surface area contributed by atoms with Crippen molar-refractivity contribution >= 4 is 21.9 Å². The van der Waals surface area contributed by atoms with E-state index in [4.69, 9.17) is 5.73 Å². The maximum atomic E-state index is 5.43. The van der Waals surface area contributed by atoms with Crippen LogP contribution in [0.25, 0.3) is 0 Å². The summed E-state index contributed by atoms with van der Waals surface area (Å²) < 4.78 is 2.82. The Morgan fingerprint density at radius 3 is 2.87 bits per heavy atom. The lowest BCUT2D eigenvalue weighted by Gasteiger charge is -2.03. The first kappa shape index (κ1) is 10.2. The standard InChI is InChI=1S/C10H11BrN4/c1-7-2-3-8(4-9(7)11)5-15-6-13-10(12)14-15/h2-4,6H,5H2,1H3,(H2,12,14). The van der Waals surface area contributed by atoms with E-state index < -0.39 is 0 Å². The Morgan fingerprint density at radius 2 is 2.27 bits per heavy atom. The summed E-state index contributed by atoms with van der Waals surface area (Å²) in [4.78, 5) is 3.87. The molecule has 0 aliphatic rings. The lowest BCUT2D eigenvalue weighted by atomic mass is 10.1. The number of rotatable bonds is 2. The van der Waals surface area contributed by atoms with Crippen LogP contribution in [0, 0.1) is 6.92 Å². The van der Waals surface area contributed by atoms with E-state index in [2.05, 4.69) is 51.1 Å². The second-order valence-corrected chi connectivity index (χ2v) is 4.24. The summed E-state index contributed by atoms with van der Waals surface area (Å²) in [6.07, 6.45) is 1.63. The van der Waals surface area contributed by atoms with Gasteiger partial charge in [-0.3, -0.25) is 0 Å². The van der Waals surface area contributed by atoms with E-state index in [1.165, 1.54) is 5.56 Å². The summed E-state index contributed by atoms with van der Waals surface area (Å²) in [7, 11) is 0. The summed E-state index contributed by atoms with van der Waals surface area (Å²) in [5.41, 5.74) is 7.82. The fourth-order valence-electron chi connectivity index (χ4n) is 1.31. The lowest BCUT2D eigenvalue weighted by molar-refractivity contribution is 0.687. The van der Waals surface area contributed by atoms with Gasteiger partial charge >= 0.3 is 0 Å². The van der Waals surface area contributed by atoms with Crippen molar-refractivity contribution in [1.82, 2.24) is 14.8 Å². The molecule has 0 unspecified atom stereocenters. The molecule has 1 aromatic carbocycles. The van der Waals surface area contributed by atoms with Crippen molar-refractivity contribution in [2.75, 3.05) is 5.73 Å². The molecule has 0 fully saturated rings. The molecule has 2 rings (SSSR count). The number of benzene rings is 1. The Labute approximate surface area is 96.3 Å². The number of aryl methyl sites for hydroxylation is 1. The zero-order chi connectivity index (χ0) is 10.8. The van der Waals surface area contributed by atoms with Gasteiger partial charge in [0, 0.05) is 4.47 Å². The first-order valence-electron chi connectivity index (χ1n) is 4.55. The van der Waals surface area contributed by atoms with E-state index in [0.29, 0.717) is 12.5 Å². The number of hydrogen-bond donors (Lipinski definition) is 1. The third-order valence-electron chi connectivity index (χ3n) is 2.14. The molecular formula is C10H11BrN4. The van der Waals surface area contributed by atoms with E-state index in [0.717, 1.165) is 10.0 Å². The van der Waals surface area contributed by atoms with E-state index >= 15 is 0 Å². The van der Waals surface area contributed by atoms with Gasteiger partial charge in [-0.25, -0.2) is 9.67 Å². The zero-order valence-corrected chi connectivity index (χ0v) is 9.90. The van der Waals surface area contributed by atoms with Crippen molar-refractivity contribution in [2.45, 2.75) is 13.5 Å². The van der Waals surface area contributed by atoms with Gasteiger partial charge in [0.1, 0.15) is 6.33 Å². The van der Waals surface area contributed by atoms with Gasteiger partial charge in [0.25, 0.3) is 0 Å². The Morgan fingerprint density at radius 1 is 1.47 bits per heavy atom. The van der Waals surface area contributed by atoms with Crippen LogP contribution in [0.2, 0.25) is 0 Å². The molecule has 0 aliphatic heterocycles. The van der Waals surface area contributed by atoms with Crippen LogP contribution < -0.4 is 5.73 Å². The zero-order valence-electron chi connectivity index (χ0n) is 8.31. The number of nitrogens with zero attached hydrogens (tertiary/aromatic N) is 3. The van der Waals surface area contributed by atoms with Crippen molar-refractivity contribution in [2.24, 2.45) is 0 Å². The predicted molar refractivity (Wildman–Crippen MR) is 62.4 cm³/mol. The lowest BCUT2D eigenvalue weighted by Crippen LogP contribution is -2.01. The minimum absolute atomic E-state index is 0.307. The minimum atomic E-state index is 0.307. The molecule has 2 aromatic rings. The van der Waals surface area contributed by atoms with Crippen LogP contribution >= 0.6 is 15.9 Å². The van der Waals surface area contributed by atoms with Crippen molar-refractivity contribution in [3.05, 3.63) is 40.1 Å². The molecule has 1 aromatic heterocycles. The van der Waals surface area contributed by atoms with Gasteiger partial charge in [0.15, 0.2) is 0 Å². The first-order chi connectivity index (χ1) is 7.15. The smallest absolute Gasteiger partial charge is 0.239 e. The van der Waals surface area contributed by atoms with Gasteiger partial charge in [0.05, 0.1) is 6.54 Å². The van der Waals surface area contributed by atoms with Crippen LogP contribution in [0.4, 0.5) is 5.95 Å². The number of nitrogens with two attached hydrogens (primary N) is 1. The van der Waals surface area contributed by atoms with Crippen molar-refractivity contribution in [3.8, 4) is 0 Å². The molecule has 0 aliphatic carbocycles. The highest BCUT2D eigenvalue weighted by Crippen LogP contribution is 2.17. The van der Waals surface area contributed by atoms with Crippen molar-refractivity contribution < 1.29 is 0 Å². The van der Waals surface area contributed by atoms with Crippen LogP contribution in [0.1, 0.15) is 11.1 Å². The summed E-state index contributed by atoms with van der Waals surface area (Å²) in [5, 5.41) is 4.03. The maximum Gasteiger partial charge on any atom is 0.239 e. The van der Waals surface area contributed by atoms with Gasteiger partial charge in [-0.2, -0.15) is 0 Å². The highest BCUT2D eigenvalue weighted by molar-refractivity contribution is 9.10. The predicted octanol–water partition coefficient (Wildman–Crippen LogP) is 1.98. The molecule has 4 nitrogen and oxygen atoms in total. The normalized spacial score (nSPS) is 10.5. The molecule has 5 heteroatoms. The summed E-state index contributed by atoms with van der Waals surface area (Å²) in [6, 6.07) is 6.21. The molecule has 0 spiro atoms. The maximum absolute atomic E-state index is 5.43. The van der Waals surface area contributed by atoms with Crippen LogP contribution in [0.15, 0.2) is 29.0 Å². The Kier molecular flexibility index (Phi) is 2.73. The monoisotopic (exact) mass is 266 g/mol. The number of nitrogen functional groups attached to an aromatic ring is 1. The Bertz CT molecular complexity index is 478. The molecule has 2 N–H and O–H groups in total. The SMILES string of the molecule is Cc1ccc(Cn2cnc(N)n2)cc1Br. The van der Waals surface area contributed by atoms with Gasteiger partial charge in [-0.05, 0) is 24.1 Å². The van der Waals surface area contributed by atoms with Crippen LogP contribution in [0.5, 0.6) is 0 Å². The van der Waals surface area contributed by atoms with Gasteiger partial charge in [-0.1, -0.05) is 28.1 Å². The summed E-state index contributed by atoms with van der Waals surface area (Å²) in [5.74, 6) is 0.307. The third kappa shape index (κ3) is 2.36. The Balaban J connectivity index is 2.21. The number of anilines is 1. The van der Waals surface area contributed by atoms with Crippen molar-refractivity contribution in [3.63, 3.8) is 0 Å². The molecule has 78 valence electrons. The molecule has 1 heterocycles. The van der Waals surface area contributed by atoms with E-state index in [-0.39, 0.29) is 0 Å². The summed E-state index contributed by atoms with van der Waals surface area (Å²) >= 11 is 3.49. The van der Waals surface area contributed by atoms with E-state index in [1.54, 1.807) is 11.0 Å². The average molecular weight is 267 g/mol. The second-order valence-electron chi connectivity index (χ2n) is 3.38. The largest absolute Gasteiger partial charge is 0.367 e. The van der Waals surface area contributed by atoms with E-state index in [9.17, 15) is 0 Å². The second kappa shape index (κ2) is 4.02. The number of halogens is 1. The molecule has 0 bridgehead atoms. The molecule has 15 heavy (non-hydrogen) atoms. The quantitative estimate of drug-likeness (QED) is 0.905. The fraction of sp³-hybridized carbons (Fsp3) is 0.200. The molecule has 0 saturated heterocycles. The first-order valence-corrected chi connectivity index (χ1v) is 5.34. The number of hydrogen-bond acceptors (Lipinski definition) is 3. The highest BCUT2D eigenvalue weighted by Gasteiger charge is 2.00. The number of aromatic nitrogens is 3. The molecule has 0 radical (unpaired) electrons. The van der Waals surface area contributed by atoms with Crippen molar-refractivity contribution in [1.29, 1.82) is 0 Å². The third-order valence-corrected chi connectivity index (χ3v) is 2.99. The molecular weight excluding hydrogens is 256 g/mol. The van der Waals surface area contributed by atoms with Gasteiger partial charge < -0.3 is 5.73 Å². The molecule has 0 atom stereocenters. The van der Waals surface area contributed by atoms with Gasteiger partial charge in [0.2, 0.25) is 5.95 Å². The highest BCUT2D eigenvalue weighted by atomic mass is 79.9. The van der Waals surface area contributed by atoms with Crippen LogP contribution in [0.3, 0.4) is 0 Å². The summed E-state index contributed by atoms with van der Waals surface area (Å²) in [6.45, 7) is 2.74. The fourth-order valence-corrected chi connectivity index (χ4v) is 1.73. The van der Waals surface area contributed by atoms with Gasteiger partial charge in [-0.15, -0.1) is 5.10 Å². The van der Waals surface area contributed by atoms with E-state index in [1.807, 2.05) is 0 Å². The Hall–Kier alpha value is -1.36. The minimum Gasteiger partial charge on any atom is -0.367 e. The topological polar surface area (TPSA) is 56.7 Å².